The van der Waals surface area contributed by atoms with E-state index in [1.165, 1.54) is 23.9 Å². The number of fused-ring (bicyclic) bond motifs is 2. The monoisotopic (exact) mass is 477 g/mol. The lowest BCUT2D eigenvalue weighted by atomic mass is 10.0. The standard InChI is InChI=1S/C26H24FN3O3S/c1-17-3-12-23-22(15-17)26(24(31)29(23)16-18-4-6-19(27)7-5-18)30(13-14-34-26)25(32)28-20-8-10-21(33-2)11-9-20/h3-12,15H,13-14,16H2,1-2H3,(H,28,32)/t26-/m0/s1. The first-order valence-electron chi connectivity index (χ1n) is 11.0. The van der Waals surface area contributed by atoms with Crippen LogP contribution in [0, 0.1) is 12.7 Å². The number of hydrogen-bond acceptors (Lipinski definition) is 4. The fraction of sp³-hybridized carbons (Fsp3) is 0.231. The quantitative estimate of drug-likeness (QED) is 0.566. The number of methoxy groups -OCH3 is 1. The molecule has 5 rings (SSSR count). The molecule has 3 aromatic carbocycles. The van der Waals surface area contributed by atoms with E-state index in [4.69, 9.17) is 4.74 Å². The summed E-state index contributed by atoms with van der Waals surface area (Å²) in [4.78, 5) is 29.6. The number of halogens is 1. The van der Waals surface area contributed by atoms with Gasteiger partial charge in [-0.15, -0.1) is 11.8 Å². The minimum atomic E-state index is -1.14. The maximum atomic E-state index is 14.0. The number of amides is 3. The molecule has 1 N–H and O–H groups in total. The Balaban J connectivity index is 1.50. The average Bonchev–Trinajstić information content (AvgIpc) is 3.38. The van der Waals surface area contributed by atoms with Crippen LogP contribution in [0.25, 0.3) is 0 Å². The number of benzene rings is 3. The van der Waals surface area contributed by atoms with E-state index in [2.05, 4.69) is 5.32 Å². The normalized spacial score (nSPS) is 19.0. The number of nitrogens with one attached hydrogen (secondary N) is 1. The summed E-state index contributed by atoms with van der Waals surface area (Å²) in [7, 11) is 1.58. The molecule has 0 aromatic heterocycles. The number of aryl methyl sites for hydroxylation is 1. The summed E-state index contributed by atoms with van der Waals surface area (Å²) in [6, 6.07) is 18.8. The number of thioether (sulfide) groups is 1. The zero-order chi connectivity index (χ0) is 23.9. The Morgan fingerprint density at radius 2 is 1.85 bits per heavy atom. The van der Waals surface area contributed by atoms with Crippen LogP contribution in [0.3, 0.4) is 0 Å². The van der Waals surface area contributed by atoms with E-state index in [1.54, 1.807) is 53.3 Å². The van der Waals surface area contributed by atoms with Crippen LogP contribution < -0.4 is 15.0 Å². The molecule has 0 unspecified atom stereocenters. The lowest BCUT2D eigenvalue weighted by Crippen LogP contribution is -2.51. The molecule has 6 nitrogen and oxygen atoms in total. The Morgan fingerprint density at radius 1 is 1.12 bits per heavy atom. The molecule has 2 aliphatic heterocycles. The Labute approximate surface area is 201 Å². The zero-order valence-corrected chi connectivity index (χ0v) is 19.7. The molecule has 1 spiro atoms. The molecule has 2 heterocycles. The van der Waals surface area contributed by atoms with E-state index >= 15 is 0 Å². The lowest BCUT2D eigenvalue weighted by molar-refractivity contribution is -0.123. The maximum absolute atomic E-state index is 14.0. The van der Waals surface area contributed by atoms with Gasteiger partial charge in [-0.05, 0) is 55.0 Å². The molecule has 0 saturated carbocycles. The number of urea groups is 1. The van der Waals surface area contributed by atoms with Crippen molar-refractivity contribution in [3.63, 3.8) is 0 Å². The number of anilines is 2. The topological polar surface area (TPSA) is 61.9 Å². The Morgan fingerprint density at radius 3 is 2.56 bits per heavy atom. The van der Waals surface area contributed by atoms with Crippen molar-refractivity contribution in [2.75, 3.05) is 29.6 Å². The molecule has 0 bridgehead atoms. The summed E-state index contributed by atoms with van der Waals surface area (Å²) in [6.07, 6.45) is 0. The van der Waals surface area contributed by atoms with Crippen molar-refractivity contribution in [2.24, 2.45) is 0 Å². The third kappa shape index (κ3) is 3.68. The SMILES string of the molecule is COc1ccc(NC(=O)N2CCS[C@@]23C(=O)N(Cc2ccc(F)cc2)c2ccc(C)cc23)cc1. The predicted octanol–water partition coefficient (Wildman–Crippen LogP) is 5.12. The van der Waals surface area contributed by atoms with Crippen LogP contribution in [0.5, 0.6) is 5.75 Å². The second-order valence-corrected chi connectivity index (χ2v) is 9.63. The smallest absolute Gasteiger partial charge is 0.323 e. The summed E-state index contributed by atoms with van der Waals surface area (Å²) in [5.74, 6) is 0.846. The largest absolute Gasteiger partial charge is 0.497 e. The highest BCUT2D eigenvalue weighted by Gasteiger charge is 2.59. The minimum Gasteiger partial charge on any atom is -0.497 e. The molecule has 34 heavy (non-hydrogen) atoms. The summed E-state index contributed by atoms with van der Waals surface area (Å²) in [5, 5.41) is 2.93. The number of hydrogen-bond donors (Lipinski definition) is 1. The molecular formula is C26H24FN3O3S. The van der Waals surface area contributed by atoms with Crippen LogP contribution in [0.2, 0.25) is 0 Å². The van der Waals surface area contributed by atoms with Gasteiger partial charge in [-0.2, -0.15) is 0 Å². The fourth-order valence-electron chi connectivity index (χ4n) is 4.52. The highest BCUT2D eigenvalue weighted by molar-refractivity contribution is 8.01. The van der Waals surface area contributed by atoms with Crippen LogP contribution in [-0.4, -0.2) is 36.2 Å². The minimum absolute atomic E-state index is 0.162. The van der Waals surface area contributed by atoms with Gasteiger partial charge in [0.05, 0.1) is 19.3 Å². The highest BCUT2D eigenvalue weighted by Crippen LogP contribution is 2.54. The molecular weight excluding hydrogens is 453 g/mol. The Kier molecular flexibility index (Phi) is 5.69. The van der Waals surface area contributed by atoms with E-state index in [0.717, 1.165) is 22.4 Å². The van der Waals surface area contributed by atoms with Gasteiger partial charge in [0.2, 0.25) is 0 Å². The zero-order valence-electron chi connectivity index (χ0n) is 18.9. The van der Waals surface area contributed by atoms with Crippen molar-refractivity contribution in [3.05, 3.63) is 89.2 Å². The fourth-order valence-corrected chi connectivity index (χ4v) is 5.98. The van der Waals surface area contributed by atoms with E-state index in [1.807, 2.05) is 25.1 Å². The van der Waals surface area contributed by atoms with E-state index in [9.17, 15) is 14.0 Å². The first kappa shape index (κ1) is 22.3. The van der Waals surface area contributed by atoms with Crippen LogP contribution in [-0.2, 0) is 16.2 Å². The number of carbonyl (C=O) groups excluding carboxylic acids is 2. The molecule has 3 aromatic rings. The van der Waals surface area contributed by atoms with Gasteiger partial charge in [0.15, 0.2) is 4.87 Å². The van der Waals surface area contributed by atoms with Crippen molar-refractivity contribution in [1.29, 1.82) is 0 Å². The molecule has 2 aliphatic rings. The summed E-state index contributed by atoms with van der Waals surface area (Å²) in [6.45, 7) is 2.71. The second-order valence-electron chi connectivity index (χ2n) is 8.34. The molecule has 0 aliphatic carbocycles. The van der Waals surface area contributed by atoms with Gasteiger partial charge in [-0.25, -0.2) is 9.18 Å². The predicted molar refractivity (Wildman–Crippen MR) is 132 cm³/mol. The van der Waals surface area contributed by atoms with Gasteiger partial charge in [-0.1, -0.05) is 29.8 Å². The molecule has 1 fully saturated rings. The Bertz CT molecular complexity index is 1250. The van der Waals surface area contributed by atoms with Gasteiger partial charge >= 0.3 is 6.03 Å². The van der Waals surface area contributed by atoms with E-state index in [-0.39, 0.29) is 17.8 Å². The van der Waals surface area contributed by atoms with Gasteiger partial charge in [0.1, 0.15) is 11.6 Å². The molecule has 1 atom stereocenters. The molecule has 174 valence electrons. The average molecular weight is 478 g/mol. The van der Waals surface area contributed by atoms with Crippen molar-refractivity contribution >= 4 is 35.1 Å². The van der Waals surface area contributed by atoms with Crippen molar-refractivity contribution < 1.29 is 18.7 Å². The molecule has 8 heteroatoms. The number of ether oxygens (including phenoxy) is 1. The summed E-state index contributed by atoms with van der Waals surface area (Å²) >= 11 is 1.48. The lowest BCUT2D eigenvalue weighted by Gasteiger charge is -2.33. The number of nitrogens with zero attached hydrogens (tertiary/aromatic N) is 2. The van der Waals surface area contributed by atoms with Gasteiger partial charge in [0, 0.05) is 23.5 Å². The van der Waals surface area contributed by atoms with Crippen LogP contribution in [0.4, 0.5) is 20.6 Å². The first-order valence-corrected chi connectivity index (χ1v) is 11.9. The van der Waals surface area contributed by atoms with Crippen LogP contribution in [0.15, 0.2) is 66.7 Å². The molecule has 1 saturated heterocycles. The Hall–Kier alpha value is -3.52. The van der Waals surface area contributed by atoms with Gasteiger partial charge < -0.3 is 15.0 Å². The van der Waals surface area contributed by atoms with Crippen molar-refractivity contribution in [2.45, 2.75) is 18.3 Å². The third-order valence-corrected chi connectivity index (χ3v) is 7.61. The van der Waals surface area contributed by atoms with E-state index in [0.29, 0.717) is 30.3 Å². The first-order chi connectivity index (χ1) is 16.4. The molecule has 0 radical (unpaired) electrons. The van der Waals surface area contributed by atoms with Gasteiger partial charge in [-0.3, -0.25) is 9.69 Å². The summed E-state index contributed by atoms with van der Waals surface area (Å²) < 4.78 is 18.6. The number of carbonyl (C=O) groups is 2. The van der Waals surface area contributed by atoms with Crippen LogP contribution >= 0.6 is 11.8 Å². The number of rotatable bonds is 4. The van der Waals surface area contributed by atoms with Gasteiger partial charge in [0.25, 0.3) is 5.91 Å². The second kappa shape index (κ2) is 8.68. The molecule has 3 amide bonds. The van der Waals surface area contributed by atoms with Crippen LogP contribution in [0.1, 0.15) is 16.7 Å². The highest BCUT2D eigenvalue weighted by atomic mass is 32.2. The van der Waals surface area contributed by atoms with Crippen molar-refractivity contribution in [3.8, 4) is 5.75 Å². The van der Waals surface area contributed by atoms with Crippen molar-refractivity contribution in [1.82, 2.24) is 4.90 Å². The third-order valence-electron chi connectivity index (χ3n) is 6.19. The van der Waals surface area contributed by atoms with E-state index < -0.39 is 4.87 Å². The maximum Gasteiger partial charge on any atom is 0.323 e. The summed E-state index contributed by atoms with van der Waals surface area (Å²) in [5.41, 5.74) is 4.03.